The minimum absolute atomic E-state index is 0.118. The minimum Gasteiger partial charge on any atom is -0.294 e. The fourth-order valence-electron chi connectivity index (χ4n) is 5.38. The highest BCUT2D eigenvalue weighted by molar-refractivity contribution is 6.18. The van der Waals surface area contributed by atoms with Crippen molar-refractivity contribution in [2.24, 2.45) is 5.10 Å². The van der Waals surface area contributed by atoms with Crippen LogP contribution in [0.2, 0.25) is 0 Å². The number of hydrogen-bond acceptors (Lipinski definition) is 3. The zero-order chi connectivity index (χ0) is 20.6. The van der Waals surface area contributed by atoms with E-state index in [9.17, 15) is 13.6 Å². The van der Waals surface area contributed by atoms with Crippen molar-refractivity contribution in [2.45, 2.75) is 50.9 Å². The predicted octanol–water partition coefficient (Wildman–Crippen LogP) is 6.16. The molecule has 5 heteroatoms. The second-order valence-electron chi connectivity index (χ2n) is 8.83. The SMILES string of the molecule is Cc1cc([C@H]2CC2(F)F)c(N2CCC=N2)c2ccc3c(c12)C(=O)CC1=C3C=CCC1. The quantitative estimate of drug-likeness (QED) is 0.601. The summed E-state index contributed by atoms with van der Waals surface area (Å²) in [5, 5.41) is 8.06. The first kappa shape index (κ1) is 18.0. The number of ketones is 1. The normalized spacial score (nSPS) is 23.9. The fraction of sp³-hybridized carbons (Fsp3) is 0.360. The summed E-state index contributed by atoms with van der Waals surface area (Å²) in [6.45, 7) is 2.62. The third-order valence-electron chi connectivity index (χ3n) is 6.87. The Balaban J connectivity index is 1.66. The molecule has 0 radical (unpaired) electrons. The van der Waals surface area contributed by atoms with Gasteiger partial charge in [-0.15, -0.1) is 0 Å². The van der Waals surface area contributed by atoms with E-state index in [1.54, 1.807) is 0 Å². The van der Waals surface area contributed by atoms with Gasteiger partial charge in [-0.05, 0) is 47.4 Å². The van der Waals surface area contributed by atoms with E-state index in [1.165, 1.54) is 5.57 Å². The van der Waals surface area contributed by atoms with E-state index >= 15 is 0 Å². The number of anilines is 1. The monoisotopic (exact) mass is 404 g/mol. The molecule has 2 aromatic carbocycles. The van der Waals surface area contributed by atoms with Gasteiger partial charge < -0.3 is 0 Å². The predicted molar refractivity (Wildman–Crippen MR) is 116 cm³/mol. The van der Waals surface area contributed by atoms with Gasteiger partial charge in [0.15, 0.2) is 5.78 Å². The van der Waals surface area contributed by atoms with E-state index < -0.39 is 11.8 Å². The molecule has 1 fully saturated rings. The lowest BCUT2D eigenvalue weighted by Gasteiger charge is -2.27. The van der Waals surface area contributed by atoms with Crippen molar-refractivity contribution in [2.75, 3.05) is 11.6 Å². The van der Waals surface area contributed by atoms with Crippen LogP contribution in [0.1, 0.15) is 65.1 Å². The highest BCUT2D eigenvalue weighted by Crippen LogP contribution is 2.59. The Morgan fingerprint density at radius 2 is 2.07 bits per heavy atom. The molecule has 2 aromatic rings. The molecule has 152 valence electrons. The number of aryl methyl sites for hydroxylation is 1. The highest BCUT2D eigenvalue weighted by atomic mass is 19.3. The molecule has 1 atom stereocenters. The number of nitrogens with zero attached hydrogens (tertiary/aromatic N) is 2. The Kier molecular flexibility index (Phi) is 3.66. The Hall–Kier alpha value is -2.82. The number of fused-ring (bicyclic) bond motifs is 4. The lowest BCUT2D eigenvalue weighted by atomic mass is 9.77. The number of hydrogen-bond donors (Lipinski definition) is 0. The number of halogens is 2. The Morgan fingerprint density at radius 3 is 2.80 bits per heavy atom. The van der Waals surface area contributed by atoms with Crippen molar-refractivity contribution in [3.63, 3.8) is 0 Å². The maximum absolute atomic E-state index is 14.1. The summed E-state index contributed by atoms with van der Waals surface area (Å²) >= 11 is 0. The van der Waals surface area contributed by atoms with Crippen molar-refractivity contribution in [3.05, 3.63) is 58.2 Å². The smallest absolute Gasteiger partial charge is 0.256 e. The molecule has 6 rings (SSSR count). The average Bonchev–Trinajstić information content (AvgIpc) is 3.11. The van der Waals surface area contributed by atoms with Crippen molar-refractivity contribution in [3.8, 4) is 0 Å². The number of carbonyl (C=O) groups is 1. The Bertz CT molecular complexity index is 1220. The zero-order valence-corrected chi connectivity index (χ0v) is 16.8. The molecule has 0 saturated heterocycles. The van der Waals surface area contributed by atoms with Gasteiger partial charge in [0.2, 0.25) is 0 Å². The molecular formula is C25H22F2N2O. The highest BCUT2D eigenvalue weighted by Gasteiger charge is 2.58. The molecule has 0 spiro atoms. The van der Waals surface area contributed by atoms with Gasteiger partial charge in [0.25, 0.3) is 5.92 Å². The third kappa shape index (κ3) is 2.47. The van der Waals surface area contributed by atoms with Gasteiger partial charge in [0.05, 0.1) is 11.6 Å². The summed E-state index contributed by atoms with van der Waals surface area (Å²) in [5.41, 5.74) is 6.40. The van der Waals surface area contributed by atoms with Crippen molar-refractivity contribution in [1.29, 1.82) is 0 Å². The van der Waals surface area contributed by atoms with E-state index in [-0.39, 0.29) is 12.2 Å². The molecule has 0 unspecified atom stereocenters. The largest absolute Gasteiger partial charge is 0.294 e. The first-order valence-electron chi connectivity index (χ1n) is 10.7. The topological polar surface area (TPSA) is 32.7 Å². The molecule has 1 saturated carbocycles. The van der Waals surface area contributed by atoms with Crippen molar-refractivity contribution in [1.82, 2.24) is 0 Å². The Labute approximate surface area is 173 Å². The number of rotatable bonds is 2. The van der Waals surface area contributed by atoms with E-state index in [0.717, 1.165) is 58.0 Å². The van der Waals surface area contributed by atoms with Gasteiger partial charge in [-0.1, -0.05) is 35.9 Å². The number of carbonyl (C=O) groups excluding carboxylic acids is 1. The van der Waals surface area contributed by atoms with E-state index in [0.29, 0.717) is 18.5 Å². The van der Waals surface area contributed by atoms with Gasteiger partial charge in [-0.3, -0.25) is 9.80 Å². The first-order chi connectivity index (χ1) is 14.5. The summed E-state index contributed by atoms with van der Waals surface area (Å²) < 4.78 is 28.2. The van der Waals surface area contributed by atoms with E-state index in [4.69, 9.17) is 0 Å². The maximum atomic E-state index is 14.1. The van der Waals surface area contributed by atoms with Crippen LogP contribution in [0.5, 0.6) is 0 Å². The van der Waals surface area contributed by atoms with E-state index in [2.05, 4.69) is 17.3 Å². The number of alkyl halides is 2. The van der Waals surface area contributed by atoms with Crippen LogP contribution in [-0.2, 0) is 0 Å². The maximum Gasteiger partial charge on any atom is 0.256 e. The van der Waals surface area contributed by atoms with Gasteiger partial charge in [-0.2, -0.15) is 5.10 Å². The lowest BCUT2D eigenvalue weighted by molar-refractivity contribution is 0.0991. The molecule has 4 aliphatic rings. The minimum atomic E-state index is -2.66. The lowest BCUT2D eigenvalue weighted by Crippen LogP contribution is -2.18. The molecule has 0 N–H and O–H groups in total. The van der Waals surface area contributed by atoms with Gasteiger partial charge in [0.1, 0.15) is 0 Å². The first-order valence-corrected chi connectivity index (χ1v) is 10.7. The van der Waals surface area contributed by atoms with Crippen LogP contribution < -0.4 is 5.01 Å². The molecular weight excluding hydrogens is 382 g/mol. The molecule has 3 nitrogen and oxygen atoms in total. The third-order valence-corrected chi connectivity index (χ3v) is 6.87. The molecule has 0 aromatic heterocycles. The van der Waals surface area contributed by atoms with Crippen LogP contribution >= 0.6 is 0 Å². The van der Waals surface area contributed by atoms with Crippen LogP contribution in [0.3, 0.4) is 0 Å². The van der Waals surface area contributed by atoms with Crippen LogP contribution in [0.25, 0.3) is 16.3 Å². The molecule has 30 heavy (non-hydrogen) atoms. The molecule has 1 aliphatic heterocycles. The standard InChI is InChI=1S/C25H22F2N2O/c1-14-11-19(20-13-25(20,26)27)24(29-10-4-9-28-29)18-8-7-17-16-6-3-2-5-15(16)12-21(30)23(17)22(14)18/h3,6-9,11,20H,2,4-5,10,12-13H2,1H3/t20-/m1/s1. The van der Waals surface area contributed by atoms with Gasteiger partial charge in [-0.25, -0.2) is 8.78 Å². The summed E-state index contributed by atoms with van der Waals surface area (Å²) in [7, 11) is 0. The van der Waals surface area contributed by atoms with Crippen LogP contribution in [0.15, 0.2) is 41.0 Å². The van der Waals surface area contributed by atoms with Gasteiger partial charge >= 0.3 is 0 Å². The molecule has 0 amide bonds. The zero-order valence-electron chi connectivity index (χ0n) is 16.8. The average molecular weight is 404 g/mol. The molecule has 1 heterocycles. The Morgan fingerprint density at radius 1 is 1.23 bits per heavy atom. The number of benzene rings is 2. The second kappa shape index (κ2) is 6.10. The molecule has 3 aliphatic carbocycles. The molecule has 0 bridgehead atoms. The van der Waals surface area contributed by atoms with E-state index in [1.807, 2.05) is 36.3 Å². The van der Waals surface area contributed by atoms with Crippen molar-refractivity contribution >= 4 is 34.0 Å². The van der Waals surface area contributed by atoms with Crippen LogP contribution in [0, 0.1) is 6.92 Å². The van der Waals surface area contributed by atoms with Gasteiger partial charge in [0, 0.05) is 43.0 Å². The number of allylic oxidation sites excluding steroid dienone is 4. The number of Topliss-reactive ketones (excluding diaryl/α,β-unsaturated/α-hetero) is 1. The second-order valence-corrected chi connectivity index (χ2v) is 8.83. The van der Waals surface area contributed by atoms with Crippen LogP contribution in [-0.4, -0.2) is 24.5 Å². The summed E-state index contributed by atoms with van der Waals surface area (Å²) in [6.07, 6.45) is 9.16. The van der Waals surface area contributed by atoms with Crippen LogP contribution in [0.4, 0.5) is 14.5 Å². The van der Waals surface area contributed by atoms with Crippen molar-refractivity contribution < 1.29 is 13.6 Å². The summed E-state index contributed by atoms with van der Waals surface area (Å²) in [4.78, 5) is 13.3. The summed E-state index contributed by atoms with van der Waals surface area (Å²) in [5.74, 6) is -3.29. The fourth-order valence-corrected chi connectivity index (χ4v) is 5.38. The number of hydrazone groups is 1. The summed E-state index contributed by atoms with van der Waals surface area (Å²) in [6, 6.07) is 5.91.